The number of pyridine rings is 1. The van der Waals surface area contributed by atoms with E-state index in [1.807, 2.05) is 0 Å². The molecule has 82 valence electrons. The van der Waals surface area contributed by atoms with Gasteiger partial charge in [-0.2, -0.15) is 4.31 Å². The van der Waals surface area contributed by atoms with Crippen LogP contribution >= 0.6 is 15.9 Å². The van der Waals surface area contributed by atoms with Gasteiger partial charge < -0.3 is 5.73 Å². The molecule has 0 atom stereocenters. The Morgan fingerprint density at radius 2 is 2.13 bits per heavy atom. The van der Waals surface area contributed by atoms with E-state index in [1.165, 1.54) is 16.6 Å². The Balaban J connectivity index is 2.48. The summed E-state index contributed by atoms with van der Waals surface area (Å²) in [6, 6.07) is 1.48. The quantitative estimate of drug-likeness (QED) is 0.875. The van der Waals surface area contributed by atoms with Crippen LogP contribution in [0.3, 0.4) is 0 Å². The number of nitrogens with zero attached hydrogens (tertiary/aromatic N) is 2. The van der Waals surface area contributed by atoms with E-state index < -0.39 is 10.0 Å². The second kappa shape index (κ2) is 3.73. The zero-order valence-electron chi connectivity index (χ0n) is 7.85. The lowest BCUT2D eigenvalue weighted by Crippen LogP contribution is -2.42. The van der Waals surface area contributed by atoms with Gasteiger partial charge in [-0.1, -0.05) is 0 Å². The molecular weight excluding hydrogens is 282 g/mol. The molecule has 1 saturated heterocycles. The average molecular weight is 292 g/mol. The van der Waals surface area contributed by atoms with Crippen LogP contribution in [0.1, 0.15) is 6.42 Å². The number of hydrogen-bond donors (Lipinski definition) is 1. The Kier molecular flexibility index (Phi) is 2.70. The molecule has 5 nitrogen and oxygen atoms in total. The van der Waals surface area contributed by atoms with Crippen LogP contribution < -0.4 is 5.73 Å². The fraction of sp³-hybridized carbons (Fsp3) is 0.375. The number of aromatic nitrogens is 1. The van der Waals surface area contributed by atoms with Gasteiger partial charge >= 0.3 is 0 Å². The minimum Gasteiger partial charge on any atom is -0.383 e. The van der Waals surface area contributed by atoms with E-state index in [1.54, 1.807) is 0 Å². The van der Waals surface area contributed by atoms with E-state index in [-0.39, 0.29) is 10.7 Å². The molecule has 15 heavy (non-hydrogen) atoms. The summed E-state index contributed by atoms with van der Waals surface area (Å²) in [5.74, 6) is 0.0464. The van der Waals surface area contributed by atoms with Gasteiger partial charge in [0.1, 0.15) is 10.7 Å². The van der Waals surface area contributed by atoms with Crippen LogP contribution in [0.15, 0.2) is 21.6 Å². The molecule has 1 aromatic rings. The largest absolute Gasteiger partial charge is 0.383 e. The first-order chi connectivity index (χ1) is 7.01. The highest BCUT2D eigenvalue weighted by atomic mass is 79.9. The third-order valence-electron chi connectivity index (χ3n) is 2.28. The molecule has 0 amide bonds. The Labute approximate surface area is 96.5 Å². The maximum atomic E-state index is 12.0. The normalized spacial score (nSPS) is 17.4. The molecule has 0 aliphatic carbocycles. The van der Waals surface area contributed by atoms with E-state index >= 15 is 0 Å². The second-order valence-corrected chi connectivity index (χ2v) is 6.12. The maximum absolute atomic E-state index is 12.0. The zero-order chi connectivity index (χ0) is 11.1. The number of halogens is 1. The Hall–Kier alpha value is -0.660. The van der Waals surface area contributed by atoms with Crippen molar-refractivity contribution < 1.29 is 8.42 Å². The third-order valence-corrected chi connectivity index (χ3v) is 4.64. The Morgan fingerprint density at radius 3 is 2.67 bits per heavy atom. The van der Waals surface area contributed by atoms with Crippen LogP contribution in [0.25, 0.3) is 0 Å². The first-order valence-corrected chi connectivity index (χ1v) is 6.66. The summed E-state index contributed by atoms with van der Waals surface area (Å²) in [6.07, 6.45) is 2.38. The molecule has 0 spiro atoms. The van der Waals surface area contributed by atoms with Crippen molar-refractivity contribution >= 4 is 31.8 Å². The molecule has 2 N–H and O–H groups in total. The van der Waals surface area contributed by atoms with Gasteiger partial charge in [-0.25, -0.2) is 13.4 Å². The molecular formula is C8H10BrN3O2S. The van der Waals surface area contributed by atoms with Crippen molar-refractivity contribution in [2.75, 3.05) is 18.8 Å². The van der Waals surface area contributed by atoms with Crippen molar-refractivity contribution in [3.63, 3.8) is 0 Å². The maximum Gasteiger partial charge on any atom is 0.246 e. The molecule has 2 heterocycles. The number of nitrogens with two attached hydrogens (primary N) is 1. The number of anilines is 1. The zero-order valence-corrected chi connectivity index (χ0v) is 10.3. The Bertz CT molecular complexity index is 485. The van der Waals surface area contributed by atoms with Gasteiger partial charge in [-0.05, 0) is 28.4 Å². The first-order valence-electron chi connectivity index (χ1n) is 4.43. The lowest BCUT2D eigenvalue weighted by atomic mass is 10.3. The Morgan fingerprint density at radius 1 is 1.47 bits per heavy atom. The molecule has 1 aliphatic heterocycles. The van der Waals surface area contributed by atoms with Crippen LogP contribution in [-0.4, -0.2) is 30.8 Å². The summed E-state index contributed by atoms with van der Waals surface area (Å²) in [7, 11) is -3.44. The molecule has 1 aliphatic rings. The molecule has 0 bridgehead atoms. The first kappa shape index (κ1) is 10.8. The van der Waals surface area contributed by atoms with E-state index in [2.05, 4.69) is 20.9 Å². The van der Waals surface area contributed by atoms with E-state index in [0.717, 1.165) is 6.42 Å². The molecule has 2 rings (SSSR count). The van der Waals surface area contributed by atoms with Crippen molar-refractivity contribution in [2.45, 2.75) is 11.3 Å². The van der Waals surface area contributed by atoms with Crippen molar-refractivity contribution in [1.29, 1.82) is 0 Å². The minimum absolute atomic E-state index is 0.0464. The number of sulfonamides is 1. The third kappa shape index (κ3) is 1.86. The lowest BCUT2D eigenvalue weighted by molar-refractivity contribution is 0.309. The smallest absolute Gasteiger partial charge is 0.246 e. The highest BCUT2D eigenvalue weighted by molar-refractivity contribution is 9.10. The molecule has 1 fully saturated rings. The molecule has 0 aromatic carbocycles. The molecule has 7 heteroatoms. The van der Waals surface area contributed by atoms with Gasteiger partial charge in [0.05, 0.1) is 0 Å². The van der Waals surface area contributed by atoms with Crippen molar-refractivity contribution in [1.82, 2.24) is 9.29 Å². The number of rotatable bonds is 2. The van der Waals surface area contributed by atoms with Gasteiger partial charge in [0.15, 0.2) is 0 Å². The molecule has 1 aromatic heterocycles. The van der Waals surface area contributed by atoms with E-state index in [9.17, 15) is 8.42 Å². The van der Waals surface area contributed by atoms with Crippen molar-refractivity contribution in [3.8, 4) is 0 Å². The van der Waals surface area contributed by atoms with Crippen LogP contribution in [0.4, 0.5) is 5.82 Å². The predicted molar refractivity (Wildman–Crippen MR) is 59.7 cm³/mol. The van der Waals surface area contributed by atoms with Gasteiger partial charge in [-0.15, -0.1) is 0 Å². The highest BCUT2D eigenvalue weighted by Crippen LogP contribution is 2.26. The van der Waals surface area contributed by atoms with Gasteiger partial charge in [0.2, 0.25) is 10.0 Å². The summed E-state index contributed by atoms with van der Waals surface area (Å²) in [5.41, 5.74) is 5.55. The summed E-state index contributed by atoms with van der Waals surface area (Å²) in [4.78, 5) is 3.89. The summed E-state index contributed by atoms with van der Waals surface area (Å²) in [5, 5.41) is 0. The standard InChI is InChI=1S/C8H10BrN3O2S/c9-6-4-7(8(10)11-5-6)15(13,14)12-2-1-3-12/h4-5H,1-3H2,(H2,10,11). The van der Waals surface area contributed by atoms with E-state index in [0.29, 0.717) is 17.6 Å². The highest BCUT2D eigenvalue weighted by Gasteiger charge is 2.31. The van der Waals surface area contributed by atoms with Gasteiger partial charge in [0.25, 0.3) is 0 Å². The monoisotopic (exact) mass is 291 g/mol. The second-order valence-electron chi connectivity index (χ2n) is 3.29. The van der Waals surface area contributed by atoms with Crippen LogP contribution in [-0.2, 0) is 10.0 Å². The van der Waals surface area contributed by atoms with Crippen molar-refractivity contribution in [3.05, 3.63) is 16.7 Å². The SMILES string of the molecule is Nc1ncc(Br)cc1S(=O)(=O)N1CCC1. The summed E-state index contributed by atoms with van der Waals surface area (Å²) >= 11 is 3.18. The van der Waals surface area contributed by atoms with Gasteiger partial charge in [-0.3, -0.25) is 0 Å². The number of hydrogen-bond acceptors (Lipinski definition) is 4. The van der Waals surface area contributed by atoms with Crippen LogP contribution in [0.2, 0.25) is 0 Å². The lowest BCUT2D eigenvalue weighted by Gasteiger charge is -2.29. The number of nitrogen functional groups attached to an aromatic ring is 1. The molecule has 0 unspecified atom stereocenters. The van der Waals surface area contributed by atoms with Crippen molar-refractivity contribution in [2.24, 2.45) is 0 Å². The average Bonchev–Trinajstić information content (AvgIpc) is 2.05. The van der Waals surface area contributed by atoms with Crippen LogP contribution in [0.5, 0.6) is 0 Å². The van der Waals surface area contributed by atoms with Gasteiger partial charge in [0, 0.05) is 23.8 Å². The molecule has 0 saturated carbocycles. The topological polar surface area (TPSA) is 76.3 Å². The predicted octanol–water partition coefficient (Wildman–Crippen LogP) is 0.821. The molecule has 0 radical (unpaired) electrons. The summed E-state index contributed by atoms with van der Waals surface area (Å²) < 4.78 is 25.9. The van der Waals surface area contributed by atoms with E-state index in [4.69, 9.17) is 5.73 Å². The van der Waals surface area contributed by atoms with Crippen LogP contribution in [0, 0.1) is 0 Å². The fourth-order valence-electron chi connectivity index (χ4n) is 1.30. The fourth-order valence-corrected chi connectivity index (χ4v) is 3.40. The summed E-state index contributed by atoms with van der Waals surface area (Å²) in [6.45, 7) is 1.13. The minimum atomic E-state index is -3.44.